The Bertz CT molecular complexity index is 563. The van der Waals surface area contributed by atoms with Gasteiger partial charge in [0, 0.05) is 44.7 Å². The number of rotatable bonds is 5. The second-order valence-electron chi connectivity index (χ2n) is 7.71. The maximum atomic E-state index is 12.2. The number of carbonyl (C=O) groups is 1. The number of amides is 1. The van der Waals surface area contributed by atoms with Gasteiger partial charge in [-0.05, 0) is 38.0 Å². The number of aromatic nitrogens is 2. The van der Waals surface area contributed by atoms with Crippen molar-refractivity contribution in [3.05, 3.63) is 12.4 Å². The highest BCUT2D eigenvalue weighted by Gasteiger charge is 2.23. The van der Waals surface area contributed by atoms with Crippen molar-refractivity contribution in [3.63, 3.8) is 0 Å². The molecule has 1 aromatic rings. The average molecular weight is 345 g/mol. The molecule has 0 aromatic carbocycles. The molecule has 1 aromatic heterocycles. The first-order valence-electron chi connectivity index (χ1n) is 9.73. The molecular weight excluding hydrogens is 314 g/mol. The number of carbonyl (C=O) groups excluding carboxylic acids is 1. The average Bonchev–Trinajstić information content (AvgIpc) is 2.63. The first-order valence-corrected chi connectivity index (χ1v) is 9.73. The number of likely N-dealkylation sites (tertiary alicyclic amines) is 1. The van der Waals surface area contributed by atoms with E-state index >= 15 is 0 Å². The van der Waals surface area contributed by atoms with Crippen molar-refractivity contribution in [1.82, 2.24) is 14.9 Å². The van der Waals surface area contributed by atoms with E-state index in [1.807, 2.05) is 4.90 Å². The molecular formula is C19H31N5O. The maximum Gasteiger partial charge on any atom is 0.222 e. The minimum Gasteiger partial charge on any atom is -0.367 e. The van der Waals surface area contributed by atoms with Crippen molar-refractivity contribution in [2.75, 3.05) is 36.4 Å². The fraction of sp³-hybridized carbons (Fsp3) is 0.737. The minimum absolute atomic E-state index is 0.294. The molecule has 0 unspecified atom stereocenters. The van der Waals surface area contributed by atoms with Crippen LogP contribution in [0, 0.1) is 5.92 Å². The summed E-state index contributed by atoms with van der Waals surface area (Å²) in [7, 11) is 0. The third-order valence-electron chi connectivity index (χ3n) is 5.12. The predicted molar refractivity (Wildman–Crippen MR) is 101 cm³/mol. The highest BCUT2D eigenvalue weighted by atomic mass is 16.2. The van der Waals surface area contributed by atoms with E-state index in [9.17, 15) is 4.79 Å². The van der Waals surface area contributed by atoms with Gasteiger partial charge < -0.3 is 15.1 Å². The van der Waals surface area contributed by atoms with Crippen molar-refractivity contribution in [2.45, 2.75) is 58.4 Å². The van der Waals surface area contributed by atoms with Gasteiger partial charge in [-0.2, -0.15) is 0 Å². The maximum absolute atomic E-state index is 12.2. The quantitative estimate of drug-likeness (QED) is 0.889. The van der Waals surface area contributed by atoms with E-state index in [1.54, 1.807) is 6.33 Å². The number of piperidine rings is 2. The third-order valence-corrected chi connectivity index (χ3v) is 5.12. The molecule has 0 saturated carbocycles. The summed E-state index contributed by atoms with van der Waals surface area (Å²) in [6, 6.07) is 2.45. The molecule has 2 aliphatic heterocycles. The van der Waals surface area contributed by atoms with Gasteiger partial charge in [-0.3, -0.25) is 4.79 Å². The molecule has 0 spiro atoms. The van der Waals surface area contributed by atoms with E-state index < -0.39 is 0 Å². The lowest BCUT2D eigenvalue weighted by atomic mass is 10.0. The van der Waals surface area contributed by atoms with E-state index in [-0.39, 0.29) is 0 Å². The zero-order valence-electron chi connectivity index (χ0n) is 15.6. The second-order valence-corrected chi connectivity index (χ2v) is 7.71. The Balaban J connectivity index is 1.51. The summed E-state index contributed by atoms with van der Waals surface area (Å²) in [5.41, 5.74) is 0. The van der Waals surface area contributed by atoms with Crippen LogP contribution in [-0.2, 0) is 4.79 Å². The lowest BCUT2D eigenvalue weighted by molar-refractivity contribution is -0.132. The standard InChI is InChI=1S/C19H31N5O/c1-15(2)12-19(25)24-10-6-16(7-11-24)22-17-13-18(21-14-20-17)23-8-4-3-5-9-23/h13-16H,3-12H2,1-2H3,(H,20,21,22). The molecule has 2 saturated heterocycles. The number of hydrogen-bond acceptors (Lipinski definition) is 5. The monoisotopic (exact) mass is 345 g/mol. The second kappa shape index (κ2) is 8.50. The number of nitrogens with zero attached hydrogens (tertiary/aromatic N) is 4. The summed E-state index contributed by atoms with van der Waals surface area (Å²) in [5.74, 6) is 2.66. The minimum atomic E-state index is 0.294. The first kappa shape index (κ1) is 18.0. The fourth-order valence-corrected chi connectivity index (χ4v) is 3.68. The molecule has 1 N–H and O–H groups in total. The van der Waals surface area contributed by atoms with Crippen LogP contribution in [-0.4, -0.2) is 53.0 Å². The smallest absolute Gasteiger partial charge is 0.222 e. The molecule has 0 atom stereocenters. The molecule has 0 radical (unpaired) electrons. The largest absolute Gasteiger partial charge is 0.367 e. The molecule has 3 heterocycles. The Labute approximate surface area is 151 Å². The van der Waals surface area contributed by atoms with Crippen molar-refractivity contribution < 1.29 is 4.79 Å². The number of anilines is 2. The molecule has 138 valence electrons. The van der Waals surface area contributed by atoms with E-state index in [4.69, 9.17) is 0 Å². The molecule has 2 fully saturated rings. The Morgan fingerprint density at radius 3 is 2.56 bits per heavy atom. The van der Waals surface area contributed by atoms with Crippen LogP contribution in [0.15, 0.2) is 12.4 Å². The van der Waals surface area contributed by atoms with Gasteiger partial charge >= 0.3 is 0 Å². The molecule has 1 amide bonds. The van der Waals surface area contributed by atoms with Crippen molar-refractivity contribution >= 4 is 17.5 Å². The molecule has 0 aliphatic carbocycles. The first-order chi connectivity index (χ1) is 12.1. The van der Waals surface area contributed by atoms with Crippen LogP contribution in [0.25, 0.3) is 0 Å². The van der Waals surface area contributed by atoms with E-state index in [1.165, 1.54) is 19.3 Å². The molecule has 0 bridgehead atoms. The van der Waals surface area contributed by atoms with Gasteiger partial charge in [0.2, 0.25) is 5.91 Å². The van der Waals surface area contributed by atoms with Crippen molar-refractivity contribution in [2.24, 2.45) is 5.92 Å². The summed E-state index contributed by atoms with van der Waals surface area (Å²) in [6.07, 6.45) is 8.09. The third kappa shape index (κ3) is 5.06. The number of nitrogens with one attached hydrogen (secondary N) is 1. The zero-order valence-corrected chi connectivity index (χ0v) is 15.6. The Kier molecular flexibility index (Phi) is 6.10. The number of hydrogen-bond donors (Lipinski definition) is 1. The van der Waals surface area contributed by atoms with Crippen LogP contribution in [0.2, 0.25) is 0 Å². The summed E-state index contributed by atoms with van der Waals surface area (Å²) in [5, 5.41) is 3.54. The molecule has 6 nitrogen and oxygen atoms in total. The highest BCUT2D eigenvalue weighted by Crippen LogP contribution is 2.21. The lowest BCUT2D eigenvalue weighted by Crippen LogP contribution is -2.42. The van der Waals surface area contributed by atoms with Crippen LogP contribution < -0.4 is 10.2 Å². The fourth-order valence-electron chi connectivity index (χ4n) is 3.68. The van der Waals surface area contributed by atoms with Crippen LogP contribution in [0.4, 0.5) is 11.6 Å². The van der Waals surface area contributed by atoms with E-state index in [0.29, 0.717) is 24.3 Å². The van der Waals surface area contributed by atoms with Gasteiger partial charge in [0.1, 0.15) is 18.0 Å². The molecule has 25 heavy (non-hydrogen) atoms. The van der Waals surface area contributed by atoms with Gasteiger partial charge in [0.25, 0.3) is 0 Å². The summed E-state index contributed by atoms with van der Waals surface area (Å²) >= 11 is 0. The van der Waals surface area contributed by atoms with Crippen LogP contribution >= 0.6 is 0 Å². The highest BCUT2D eigenvalue weighted by molar-refractivity contribution is 5.76. The van der Waals surface area contributed by atoms with Crippen LogP contribution in [0.1, 0.15) is 52.4 Å². The Hall–Kier alpha value is -1.85. The van der Waals surface area contributed by atoms with Gasteiger partial charge in [-0.1, -0.05) is 13.8 Å². The van der Waals surface area contributed by atoms with Crippen LogP contribution in [0.5, 0.6) is 0 Å². The van der Waals surface area contributed by atoms with Crippen LogP contribution in [0.3, 0.4) is 0 Å². The van der Waals surface area contributed by atoms with E-state index in [2.05, 4.69) is 40.1 Å². The normalized spacial score (nSPS) is 19.3. The summed E-state index contributed by atoms with van der Waals surface area (Å²) in [6.45, 7) is 8.06. The van der Waals surface area contributed by atoms with Gasteiger partial charge in [-0.15, -0.1) is 0 Å². The Morgan fingerprint density at radius 2 is 1.88 bits per heavy atom. The molecule has 6 heteroatoms. The predicted octanol–water partition coefficient (Wildman–Crippen LogP) is 2.92. The van der Waals surface area contributed by atoms with E-state index in [0.717, 1.165) is 50.7 Å². The summed E-state index contributed by atoms with van der Waals surface area (Å²) < 4.78 is 0. The zero-order chi connectivity index (χ0) is 17.6. The van der Waals surface area contributed by atoms with Gasteiger partial charge in [0.05, 0.1) is 0 Å². The van der Waals surface area contributed by atoms with Gasteiger partial charge in [-0.25, -0.2) is 9.97 Å². The SMILES string of the molecule is CC(C)CC(=O)N1CCC(Nc2cc(N3CCCCC3)ncn2)CC1. The molecule has 2 aliphatic rings. The van der Waals surface area contributed by atoms with Crippen molar-refractivity contribution in [1.29, 1.82) is 0 Å². The summed E-state index contributed by atoms with van der Waals surface area (Å²) in [4.78, 5) is 25.4. The van der Waals surface area contributed by atoms with Gasteiger partial charge in [0.15, 0.2) is 0 Å². The topological polar surface area (TPSA) is 61.4 Å². The lowest BCUT2D eigenvalue weighted by Gasteiger charge is -2.33. The Morgan fingerprint density at radius 1 is 1.16 bits per heavy atom. The molecule has 3 rings (SSSR count). The van der Waals surface area contributed by atoms with Crippen molar-refractivity contribution in [3.8, 4) is 0 Å².